The van der Waals surface area contributed by atoms with Gasteiger partial charge in [-0.1, -0.05) is 12.1 Å². The lowest BCUT2D eigenvalue weighted by atomic mass is 9.81. The molecular formula is C21H25FN4O2. The molecule has 7 heteroatoms. The van der Waals surface area contributed by atoms with E-state index < -0.39 is 0 Å². The molecule has 2 aromatic rings. The van der Waals surface area contributed by atoms with Crippen molar-refractivity contribution in [1.82, 2.24) is 14.9 Å². The van der Waals surface area contributed by atoms with Crippen molar-refractivity contribution in [2.75, 3.05) is 44.2 Å². The number of piperazine rings is 1. The first-order valence-corrected chi connectivity index (χ1v) is 9.79. The molecule has 2 aliphatic rings. The molecule has 0 saturated carbocycles. The zero-order valence-corrected chi connectivity index (χ0v) is 16.1. The molecule has 0 spiro atoms. The van der Waals surface area contributed by atoms with Crippen molar-refractivity contribution in [2.45, 2.75) is 25.7 Å². The first-order valence-electron chi connectivity index (χ1n) is 9.79. The molecule has 1 atom stereocenters. The number of benzene rings is 1. The fourth-order valence-corrected chi connectivity index (χ4v) is 4.18. The Kier molecular flexibility index (Phi) is 5.37. The number of halogens is 1. The second-order valence-electron chi connectivity index (χ2n) is 7.56. The largest absolute Gasteiger partial charge is 0.395 e. The molecule has 0 amide bonds. The number of aliphatic hydroxyl groups is 1. The summed E-state index contributed by atoms with van der Waals surface area (Å²) in [6.45, 7) is 6.05. The molecule has 148 valence electrons. The number of hydrogen-bond acceptors (Lipinski definition) is 6. The van der Waals surface area contributed by atoms with Crippen LogP contribution in [-0.4, -0.2) is 65.1 Å². The number of hydrogen-bond donors (Lipinski definition) is 1. The summed E-state index contributed by atoms with van der Waals surface area (Å²) < 4.78 is 13.2. The van der Waals surface area contributed by atoms with Crippen LogP contribution in [-0.2, 0) is 6.42 Å². The number of Topliss-reactive ketones (excluding diaryl/α,β-unsaturated/α-hetero) is 1. The van der Waals surface area contributed by atoms with E-state index in [9.17, 15) is 9.18 Å². The van der Waals surface area contributed by atoms with Gasteiger partial charge in [0.05, 0.1) is 23.6 Å². The van der Waals surface area contributed by atoms with Gasteiger partial charge in [-0.3, -0.25) is 9.69 Å². The zero-order chi connectivity index (χ0) is 19.7. The number of anilines is 1. The van der Waals surface area contributed by atoms with Crippen molar-refractivity contribution in [1.29, 1.82) is 0 Å². The van der Waals surface area contributed by atoms with Crippen LogP contribution in [0, 0.1) is 12.7 Å². The van der Waals surface area contributed by atoms with Gasteiger partial charge in [0.25, 0.3) is 0 Å². The SMILES string of the molecule is Cc1nc(N2CCN(CCO)CC2)nc2c1C(=O)C[C@H](c1ccc(F)cc1)C2. The third-order valence-corrected chi connectivity index (χ3v) is 5.72. The zero-order valence-electron chi connectivity index (χ0n) is 16.1. The Morgan fingerprint density at radius 2 is 1.82 bits per heavy atom. The van der Waals surface area contributed by atoms with E-state index in [1.54, 1.807) is 12.1 Å². The van der Waals surface area contributed by atoms with Gasteiger partial charge in [-0.05, 0) is 37.0 Å². The summed E-state index contributed by atoms with van der Waals surface area (Å²) >= 11 is 0. The number of nitrogens with zero attached hydrogens (tertiary/aromatic N) is 4. The molecular weight excluding hydrogens is 359 g/mol. The topological polar surface area (TPSA) is 69.6 Å². The number of aryl methyl sites for hydroxylation is 1. The van der Waals surface area contributed by atoms with E-state index in [2.05, 4.69) is 14.8 Å². The fraction of sp³-hybridized carbons (Fsp3) is 0.476. The van der Waals surface area contributed by atoms with E-state index in [1.165, 1.54) is 12.1 Å². The van der Waals surface area contributed by atoms with Crippen LogP contribution in [0.25, 0.3) is 0 Å². The van der Waals surface area contributed by atoms with Gasteiger partial charge in [0.1, 0.15) is 5.82 Å². The maximum atomic E-state index is 13.2. The monoisotopic (exact) mass is 384 g/mol. The third kappa shape index (κ3) is 3.77. The van der Waals surface area contributed by atoms with Crippen LogP contribution in [0.1, 0.15) is 39.6 Å². The van der Waals surface area contributed by atoms with Crippen LogP contribution in [0.3, 0.4) is 0 Å². The Balaban J connectivity index is 1.57. The predicted molar refractivity (Wildman–Crippen MR) is 104 cm³/mol. The Morgan fingerprint density at radius 1 is 1.11 bits per heavy atom. The molecule has 1 saturated heterocycles. The van der Waals surface area contributed by atoms with E-state index >= 15 is 0 Å². The molecule has 2 heterocycles. The first-order chi connectivity index (χ1) is 13.5. The van der Waals surface area contributed by atoms with Crippen LogP contribution in [0.2, 0.25) is 0 Å². The number of aliphatic hydroxyl groups excluding tert-OH is 1. The molecule has 1 aliphatic carbocycles. The minimum Gasteiger partial charge on any atom is -0.395 e. The van der Waals surface area contributed by atoms with Crippen molar-refractivity contribution in [2.24, 2.45) is 0 Å². The van der Waals surface area contributed by atoms with Gasteiger partial charge in [-0.2, -0.15) is 0 Å². The molecule has 4 rings (SSSR count). The van der Waals surface area contributed by atoms with Gasteiger partial charge in [0.15, 0.2) is 5.78 Å². The highest BCUT2D eigenvalue weighted by molar-refractivity contribution is 5.99. The van der Waals surface area contributed by atoms with Crippen LogP contribution in [0.15, 0.2) is 24.3 Å². The number of rotatable bonds is 4. The van der Waals surface area contributed by atoms with E-state index in [4.69, 9.17) is 10.1 Å². The van der Waals surface area contributed by atoms with Crippen molar-refractivity contribution >= 4 is 11.7 Å². The number of β-amino-alcohol motifs (C(OH)–C–C–N with tert-alkyl or cyclic N) is 1. The molecule has 1 fully saturated rings. The molecule has 1 aliphatic heterocycles. The van der Waals surface area contributed by atoms with Crippen LogP contribution in [0.5, 0.6) is 0 Å². The number of carbonyl (C=O) groups is 1. The van der Waals surface area contributed by atoms with Gasteiger partial charge in [-0.15, -0.1) is 0 Å². The summed E-state index contributed by atoms with van der Waals surface area (Å²) in [5.41, 5.74) is 3.16. The summed E-state index contributed by atoms with van der Waals surface area (Å²) in [7, 11) is 0. The third-order valence-electron chi connectivity index (χ3n) is 5.72. The van der Waals surface area contributed by atoms with Crippen molar-refractivity contribution in [3.63, 3.8) is 0 Å². The maximum Gasteiger partial charge on any atom is 0.225 e. The number of ketones is 1. The lowest BCUT2D eigenvalue weighted by Crippen LogP contribution is -2.48. The van der Waals surface area contributed by atoms with Gasteiger partial charge in [0.2, 0.25) is 5.95 Å². The van der Waals surface area contributed by atoms with E-state index in [0.717, 1.165) is 43.1 Å². The predicted octanol–water partition coefficient (Wildman–Crippen LogP) is 1.95. The van der Waals surface area contributed by atoms with Gasteiger partial charge >= 0.3 is 0 Å². The minimum atomic E-state index is -0.271. The molecule has 1 aromatic heterocycles. The van der Waals surface area contributed by atoms with Crippen molar-refractivity contribution in [3.05, 3.63) is 52.6 Å². The molecule has 28 heavy (non-hydrogen) atoms. The van der Waals surface area contributed by atoms with E-state index in [1.807, 2.05) is 6.92 Å². The molecule has 0 bridgehead atoms. The molecule has 6 nitrogen and oxygen atoms in total. The maximum absolute atomic E-state index is 13.2. The van der Waals surface area contributed by atoms with Crippen LogP contribution in [0.4, 0.5) is 10.3 Å². The fourth-order valence-electron chi connectivity index (χ4n) is 4.18. The highest BCUT2D eigenvalue weighted by Gasteiger charge is 2.31. The summed E-state index contributed by atoms with van der Waals surface area (Å²) in [5.74, 6) is 0.482. The van der Waals surface area contributed by atoms with E-state index in [0.29, 0.717) is 30.9 Å². The molecule has 0 radical (unpaired) electrons. The lowest BCUT2D eigenvalue weighted by Gasteiger charge is -2.35. The van der Waals surface area contributed by atoms with Crippen LogP contribution < -0.4 is 4.90 Å². The summed E-state index contributed by atoms with van der Waals surface area (Å²) in [6, 6.07) is 6.40. The number of fused-ring (bicyclic) bond motifs is 1. The Morgan fingerprint density at radius 3 is 2.50 bits per heavy atom. The minimum absolute atomic E-state index is 0.0177. The van der Waals surface area contributed by atoms with Crippen LogP contribution >= 0.6 is 0 Å². The van der Waals surface area contributed by atoms with E-state index in [-0.39, 0.29) is 24.1 Å². The quantitative estimate of drug-likeness (QED) is 0.869. The Labute approximate surface area is 164 Å². The smallest absolute Gasteiger partial charge is 0.225 e. The van der Waals surface area contributed by atoms with Gasteiger partial charge < -0.3 is 10.0 Å². The number of carbonyl (C=O) groups excluding carboxylic acids is 1. The average Bonchev–Trinajstić information content (AvgIpc) is 2.68. The van der Waals surface area contributed by atoms with Gasteiger partial charge in [-0.25, -0.2) is 14.4 Å². The Bertz CT molecular complexity index is 863. The lowest BCUT2D eigenvalue weighted by molar-refractivity contribution is 0.0962. The average molecular weight is 384 g/mol. The second-order valence-corrected chi connectivity index (χ2v) is 7.56. The molecule has 1 aromatic carbocycles. The van der Waals surface area contributed by atoms with Crippen molar-refractivity contribution < 1.29 is 14.3 Å². The molecule has 1 N–H and O–H groups in total. The number of aromatic nitrogens is 2. The molecule has 0 unspecified atom stereocenters. The second kappa shape index (κ2) is 7.93. The highest BCUT2D eigenvalue weighted by Crippen LogP contribution is 2.33. The standard InChI is InChI=1S/C21H25FN4O2/c1-14-20-18(12-16(13-19(20)28)15-2-4-17(22)5-3-15)24-21(23-14)26-8-6-25(7-9-26)10-11-27/h2-5,16,27H,6-13H2,1H3/t16-/m1/s1. The van der Waals surface area contributed by atoms with Gasteiger partial charge in [0, 0.05) is 39.1 Å². The highest BCUT2D eigenvalue weighted by atomic mass is 19.1. The normalized spacial score (nSPS) is 20.3. The van der Waals surface area contributed by atoms with Crippen molar-refractivity contribution in [3.8, 4) is 0 Å². The summed E-state index contributed by atoms with van der Waals surface area (Å²) in [6.07, 6.45) is 1.07. The summed E-state index contributed by atoms with van der Waals surface area (Å²) in [4.78, 5) is 26.5. The Hall–Kier alpha value is -2.38. The first kappa shape index (κ1) is 19.0. The summed E-state index contributed by atoms with van der Waals surface area (Å²) in [5, 5.41) is 9.10.